The number of thioether (sulfide) groups is 1. The number of hydrogen-bond donors (Lipinski definition) is 1. The predicted molar refractivity (Wildman–Crippen MR) is 84.0 cm³/mol. The highest BCUT2D eigenvalue weighted by atomic mass is 79.9. The van der Waals surface area contributed by atoms with E-state index in [9.17, 15) is 4.79 Å². The molecule has 19 heavy (non-hydrogen) atoms. The van der Waals surface area contributed by atoms with Crippen molar-refractivity contribution in [2.75, 3.05) is 5.75 Å². The molecule has 1 unspecified atom stereocenters. The molecular formula is C14H12BrNOS2. The van der Waals surface area contributed by atoms with Crippen molar-refractivity contribution in [3.8, 4) is 0 Å². The molecule has 2 heterocycles. The summed E-state index contributed by atoms with van der Waals surface area (Å²) in [5.74, 6) is 1.06. The van der Waals surface area contributed by atoms with Crippen LogP contribution in [0.15, 0.2) is 44.4 Å². The molecule has 1 aliphatic heterocycles. The van der Waals surface area contributed by atoms with E-state index in [1.165, 1.54) is 21.8 Å². The quantitative estimate of drug-likeness (QED) is 0.862. The molecule has 1 aliphatic rings. The largest absolute Gasteiger partial charge is 0.345 e. The average Bonchev–Trinajstić information content (AvgIpc) is 2.86. The van der Waals surface area contributed by atoms with Gasteiger partial charge in [0.2, 0.25) is 0 Å². The summed E-state index contributed by atoms with van der Waals surface area (Å²) in [7, 11) is 0. The van der Waals surface area contributed by atoms with Crippen LogP contribution in [0.5, 0.6) is 0 Å². The molecule has 1 amide bonds. The minimum atomic E-state index is 0.00801. The fraction of sp³-hybridized carbons (Fsp3) is 0.214. The number of carbonyl (C=O) groups is 1. The van der Waals surface area contributed by atoms with Gasteiger partial charge in [-0.05, 0) is 40.0 Å². The van der Waals surface area contributed by atoms with Crippen LogP contribution >= 0.6 is 39.0 Å². The zero-order valence-electron chi connectivity index (χ0n) is 10.1. The molecule has 5 heteroatoms. The Morgan fingerprint density at radius 2 is 2.21 bits per heavy atom. The SMILES string of the molecule is O=C(NC1CCSc2ccccc21)c1csc(Br)c1. The zero-order chi connectivity index (χ0) is 13.2. The van der Waals surface area contributed by atoms with Crippen molar-refractivity contribution < 1.29 is 4.79 Å². The molecule has 0 saturated carbocycles. The smallest absolute Gasteiger partial charge is 0.252 e. The van der Waals surface area contributed by atoms with E-state index < -0.39 is 0 Å². The van der Waals surface area contributed by atoms with Gasteiger partial charge >= 0.3 is 0 Å². The zero-order valence-corrected chi connectivity index (χ0v) is 13.3. The van der Waals surface area contributed by atoms with Crippen molar-refractivity contribution in [3.63, 3.8) is 0 Å². The predicted octanol–water partition coefficient (Wildman–Crippen LogP) is 4.48. The molecule has 0 spiro atoms. The van der Waals surface area contributed by atoms with E-state index in [2.05, 4.69) is 33.4 Å². The lowest BCUT2D eigenvalue weighted by atomic mass is 10.0. The maximum Gasteiger partial charge on any atom is 0.252 e. The van der Waals surface area contributed by atoms with Gasteiger partial charge in [-0.15, -0.1) is 23.1 Å². The highest BCUT2D eigenvalue weighted by molar-refractivity contribution is 9.11. The van der Waals surface area contributed by atoms with Gasteiger partial charge < -0.3 is 5.32 Å². The van der Waals surface area contributed by atoms with Crippen LogP contribution < -0.4 is 5.32 Å². The van der Waals surface area contributed by atoms with Gasteiger partial charge in [0.15, 0.2) is 0 Å². The van der Waals surface area contributed by atoms with Gasteiger partial charge in [-0.25, -0.2) is 0 Å². The van der Waals surface area contributed by atoms with Crippen molar-refractivity contribution in [2.24, 2.45) is 0 Å². The number of carbonyl (C=O) groups excluding carboxylic acids is 1. The molecule has 0 bridgehead atoms. The highest BCUT2D eigenvalue weighted by Crippen LogP contribution is 2.36. The van der Waals surface area contributed by atoms with Gasteiger partial charge in [0.1, 0.15) is 0 Å². The summed E-state index contributed by atoms with van der Waals surface area (Å²) in [6.07, 6.45) is 0.985. The van der Waals surface area contributed by atoms with Gasteiger partial charge in [-0.1, -0.05) is 18.2 Å². The second-order valence-corrected chi connectivity index (χ2v) is 7.77. The lowest BCUT2D eigenvalue weighted by molar-refractivity contribution is 0.0935. The van der Waals surface area contributed by atoms with Crippen LogP contribution in [-0.2, 0) is 0 Å². The van der Waals surface area contributed by atoms with Gasteiger partial charge in [0.25, 0.3) is 5.91 Å². The molecule has 0 fully saturated rings. The molecule has 1 aromatic carbocycles. The number of rotatable bonds is 2. The lowest BCUT2D eigenvalue weighted by Crippen LogP contribution is -2.30. The van der Waals surface area contributed by atoms with Crippen LogP contribution in [0.25, 0.3) is 0 Å². The number of nitrogens with one attached hydrogen (secondary N) is 1. The topological polar surface area (TPSA) is 29.1 Å². The number of hydrogen-bond acceptors (Lipinski definition) is 3. The molecule has 1 aromatic heterocycles. The molecular weight excluding hydrogens is 342 g/mol. The maximum absolute atomic E-state index is 12.2. The summed E-state index contributed by atoms with van der Waals surface area (Å²) in [6.45, 7) is 0. The second kappa shape index (κ2) is 5.69. The molecule has 1 atom stereocenters. The minimum absolute atomic E-state index is 0.00801. The Bertz CT molecular complexity index is 611. The Morgan fingerprint density at radius 1 is 1.37 bits per heavy atom. The van der Waals surface area contributed by atoms with Crippen LogP contribution in [0.1, 0.15) is 28.4 Å². The van der Waals surface area contributed by atoms with Crippen molar-refractivity contribution in [3.05, 3.63) is 50.6 Å². The number of amides is 1. The van der Waals surface area contributed by atoms with Crippen molar-refractivity contribution in [1.82, 2.24) is 5.32 Å². The molecule has 1 N–H and O–H groups in total. The van der Waals surface area contributed by atoms with E-state index in [0.717, 1.165) is 21.5 Å². The summed E-state index contributed by atoms with van der Waals surface area (Å²) in [4.78, 5) is 13.5. The molecule has 2 nitrogen and oxygen atoms in total. The fourth-order valence-electron chi connectivity index (χ4n) is 2.16. The van der Waals surface area contributed by atoms with Gasteiger partial charge in [0, 0.05) is 16.0 Å². The Labute approximate surface area is 128 Å². The summed E-state index contributed by atoms with van der Waals surface area (Å²) >= 11 is 6.78. The van der Waals surface area contributed by atoms with Crippen molar-refractivity contribution in [2.45, 2.75) is 17.4 Å². The van der Waals surface area contributed by atoms with E-state index >= 15 is 0 Å². The third-order valence-corrected chi connectivity index (χ3v) is 5.72. The lowest BCUT2D eigenvalue weighted by Gasteiger charge is -2.25. The van der Waals surface area contributed by atoms with Crippen molar-refractivity contribution in [1.29, 1.82) is 0 Å². The first kappa shape index (κ1) is 13.2. The highest BCUT2D eigenvalue weighted by Gasteiger charge is 2.22. The summed E-state index contributed by atoms with van der Waals surface area (Å²) in [5, 5.41) is 5.02. The third kappa shape index (κ3) is 2.88. The Hall–Kier alpha value is -0.780. The van der Waals surface area contributed by atoms with Crippen molar-refractivity contribution >= 4 is 44.9 Å². The van der Waals surface area contributed by atoms with Crippen LogP contribution in [0.4, 0.5) is 0 Å². The first-order valence-corrected chi connectivity index (χ1v) is 8.66. The molecule has 2 aromatic rings. The Morgan fingerprint density at radius 3 is 3.00 bits per heavy atom. The second-order valence-electron chi connectivity index (χ2n) is 4.34. The summed E-state index contributed by atoms with van der Waals surface area (Å²) < 4.78 is 0.984. The summed E-state index contributed by atoms with van der Waals surface area (Å²) in [5.41, 5.74) is 1.97. The number of halogens is 1. The van der Waals surface area contributed by atoms with E-state index in [1.54, 1.807) is 0 Å². The van der Waals surface area contributed by atoms with Crippen LogP contribution in [0.2, 0.25) is 0 Å². The van der Waals surface area contributed by atoms with Gasteiger partial charge in [-0.2, -0.15) is 0 Å². The first-order valence-electron chi connectivity index (χ1n) is 6.00. The number of thiophene rings is 1. The molecule has 0 radical (unpaired) electrons. The van der Waals surface area contributed by atoms with E-state index in [1.807, 2.05) is 35.3 Å². The van der Waals surface area contributed by atoms with E-state index in [0.29, 0.717) is 0 Å². The summed E-state index contributed by atoms with van der Waals surface area (Å²) in [6, 6.07) is 10.3. The van der Waals surface area contributed by atoms with E-state index in [-0.39, 0.29) is 11.9 Å². The number of fused-ring (bicyclic) bond motifs is 1. The first-order chi connectivity index (χ1) is 9.24. The Kier molecular flexibility index (Phi) is 3.96. The Balaban J connectivity index is 1.79. The molecule has 3 rings (SSSR count). The van der Waals surface area contributed by atoms with Crippen LogP contribution in [-0.4, -0.2) is 11.7 Å². The number of benzene rings is 1. The molecule has 0 aliphatic carbocycles. The minimum Gasteiger partial charge on any atom is -0.345 e. The van der Waals surface area contributed by atoms with Crippen LogP contribution in [0.3, 0.4) is 0 Å². The van der Waals surface area contributed by atoms with Gasteiger partial charge in [-0.3, -0.25) is 4.79 Å². The maximum atomic E-state index is 12.2. The molecule has 0 saturated heterocycles. The monoisotopic (exact) mass is 353 g/mol. The third-order valence-electron chi connectivity index (χ3n) is 3.09. The standard InChI is InChI=1S/C14H12BrNOS2/c15-13-7-9(8-19-13)14(17)16-11-5-6-18-12-4-2-1-3-10(11)12/h1-4,7-8,11H,5-6H2,(H,16,17). The van der Waals surface area contributed by atoms with Crippen LogP contribution in [0, 0.1) is 0 Å². The van der Waals surface area contributed by atoms with E-state index in [4.69, 9.17) is 0 Å². The molecule has 98 valence electrons. The van der Waals surface area contributed by atoms with Gasteiger partial charge in [0.05, 0.1) is 15.4 Å². The normalized spacial score (nSPS) is 17.8. The average molecular weight is 354 g/mol. The fourth-order valence-corrected chi connectivity index (χ4v) is 4.42.